The molecular formula is C13H12N6. The molecule has 3 aromatic rings. The van der Waals surface area contributed by atoms with E-state index >= 15 is 0 Å². The number of rotatable bonds is 2. The lowest BCUT2D eigenvalue weighted by molar-refractivity contribution is 0.896. The van der Waals surface area contributed by atoms with Crippen LogP contribution in [-0.4, -0.2) is 20.6 Å². The number of aromatic nitrogens is 3. The highest BCUT2D eigenvalue weighted by Crippen LogP contribution is 2.16. The van der Waals surface area contributed by atoms with Crippen molar-refractivity contribution in [1.82, 2.24) is 14.8 Å². The third-order valence-electron chi connectivity index (χ3n) is 2.86. The molecule has 0 spiro atoms. The lowest BCUT2D eigenvalue weighted by Gasteiger charge is -2.05. The van der Waals surface area contributed by atoms with Crippen molar-refractivity contribution in [3.63, 3.8) is 0 Å². The molecule has 6 nitrogen and oxygen atoms in total. The van der Waals surface area contributed by atoms with Crippen LogP contribution in [0, 0.1) is 0 Å². The lowest BCUT2D eigenvalue weighted by atomic mass is 10.2. The van der Waals surface area contributed by atoms with E-state index in [2.05, 4.69) is 15.2 Å². The third kappa shape index (κ3) is 1.89. The molecule has 0 atom stereocenters. The van der Waals surface area contributed by atoms with E-state index in [1.807, 2.05) is 36.4 Å². The van der Waals surface area contributed by atoms with Gasteiger partial charge in [0.2, 0.25) is 0 Å². The number of amidine groups is 1. The van der Waals surface area contributed by atoms with Crippen LogP contribution in [-0.2, 0) is 0 Å². The van der Waals surface area contributed by atoms with Gasteiger partial charge in [0.15, 0.2) is 5.65 Å². The monoisotopic (exact) mass is 252 g/mol. The van der Waals surface area contributed by atoms with E-state index in [1.165, 1.54) is 0 Å². The molecule has 94 valence electrons. The summed E-state index contributed by atoms with van der Waals surface area (Å²) in [4.78, 5) is 4.33. The predicted octanol–water partition coefficient (Wildman–Crippen LogP) is 0.999. The first kappa shape index (κ1) is 11.2. The number of nitrogens with zero attached hydrogens (tertiary/aromatic N) is 4. The fourth-order valence-electron chi connectivity index (χ4n) is 1.92. The largest absolute Gasteiger partial charge is 0.382 e. The van der Waals surface area contributed by atoms with Crippen molar-refractivity contribution in [2.24, 2.45) is 16.7 Å². The zero-order valence-electron chi connectivity index (χ0n) is 10.1. The molecule has 0 bridgehead atoms. The molecule has 0 radical (unpaired) electrons. The Morgan fingerprint density at radius 2 is 2.11 bits per heavy atom. The van der Waals surface area contributed by atoms with Crippen LogP contribution < -0.4 is 11.6 Å². The molecule has 19 heavy (non-hydrogen) atoms. The van der Waals surface area contributed by atoms with Gasteiger partial charge in [0.1, 0.15) is 5.84 Å². The van der Waals surface area contributed by atoms with E-state index < -0.39 is 0 Å². The molecule has 1 aromatic carbocycles. The summed E-state index contributed by atoms with van der Waals surface area (Å²) in [5, 5.41) is 8.81. The third-order valence-corrected chi connectivity index (χ3v) is 2.86. The van der Waals surface area contributed by atoms with Gasteiger partial charge in [-0.2, -0.15) is 10.2 Å². The maximum Gasteiger partial charge on any atom is 0.162 e. The van der Waals surface area contributed by atoms with Crippen molar-refractivity contribution in [3.8, 4) is 5.69 Å². The molecule has 0 unspecified atom stereocenters. The number of fused-ring (bicyclic) bond motifs is 1. The first-order valence-electron chi connectivity index (χ1n) is 5.72. The minimum atomic E-state index is 0.284. The summed E-state index contributed by atoms with van der Waals surface area (Å²) in [7, 11) is 0. The van der Waals surface area contributed by atoms with Crippen LogP contribution in [0.1, 0.15) is 5.56 Å². The summed E-state index contributed by atoms with van der Waals surface area (Å²) < 4.78 is 1.75. The van der Waals surface area contributed by atoms with Crippen LogP contribution in [0.2, 0.25) is 0 Å². The summed E-state index contributed by atoms with van der Waals surface area (Å²) in [6.45, 7) is 0. The second-order valence-electron chi connectivity index (χ2n) is 4.04. The van der Waals surface area contributed by atoms with Gasteiger partial charge in [-0.25, -0.2) is 9.67 Å². The van der Waals surface area contributed by atoms with Gasteiger partial charge >= 0.3 is 0 Å². The van der Waals surface area contributed by atoms with Crippen LogP contribution in [0.4, 0.5) is 0 Å². The fraction of sp³-hybridized carbons (Fsp3) is 0. The molecule has 3 rings (SSSR count). The van der Waals surface area contributed by atoms with Crippen LogP contribution in [0.15, 0.2) is 53.9 Å². The second-order valence-corrected chi connectivity index (χ2v) is 4.04. The van der Waals surface area contributed by atoms with E-state index in [4.69, 9.17) is 11.6 Å². The smallest absolute Gasteiger partial charge is 0.162 e. The average molecular weight is 252 g/mol. The number of benzene rings is 1. The summed E-state index contributed by atoms with van der Waals surface area (Å²) in [6, 6.07) is 11.4. The lowest BCUT2D eigenvalue weighted by Crippen LogP contribution is -2.15. The van der Waals surface area contributed by atoms with Crippen LogP contribution in [0.5, 0.6) is 0 Å². The number of hydrogen-bond donors (Lipinski definition) is 2. The normalized spacial score (nSPS) is 11.9. The van der Waals surface area contributed by atoms with Crippen LogP contribution in [0.25, 0.3) is 16.7 Å². The summed E-state index contributed by atoms with van der Waals surface area (Å²) >= 11 is 0. The highest BCUT2D eigenvalue weighted by atomic mass is 15.3. The quantitative estimate of drug-likeness (QED) is 0.308. The van der Waals surface area contributed by atoms with E-state index in [1.54, 1.807) is 17.1 Å². The Morgan fingerprint density at radius 1 is 1.21 bits per heavy atom. The van der Waals surface area contributed by atoms with Crippen molar-refractivity contribution in [2.75, 3.05) is 0 Å². The van der Waals surface area contributed by atoms with Gasteiger partial charge in [-0.05, 0) is 24.3 Å². The first-order chi connectivity index (χ1) is 9.29. The SMILES string of the molecule is N/N=C(\N)c1cccc(-n2ncc3cccnc32)c1. The molecule has 0 aliphatic rings. The minimum absolute atomic E-state index is 0.284. The van der Waals surface area contributed by atoms with Crippen molar-refractivity contribution in [2.45, 2.75) is 0 Å². The molecule has 0 saturated carbocycles. The van der Waals surface area contributed by atoms with Crippen molar-refractivity contribution >= 4 is 16.9 Å². The zero-order valence-corrected chi connectivity index (χ0v) is 10.1. The van der Waals surface area contributed by atoms with Crippen LogP contribution >= 0.6 is 0 Å². The van der Waals surface area contributed by atoms with Crippen molar-refractivity contribution < 1.29 is 0 Å². The molecule has 0 amide bonds. The Morgan fingerprint density at radius 3 is 2.95 bits per heavy atom. The van der Waals surface area contributed by atoms with Crippen molar-refractivity contribution in [1.29, 1.82) is 0 Å². The van der Waals surface area contributed by atoms with Gasteiger partial charge in [-0.15, -0.1) is 0 Å². The van der Waals surface area contributed by atoms with Gasteiger partial charge in [0.05, 0.1) is 11.9 Å². The molecule has 6 heteroatoms. The standard InChI is InChI=1S/C13H12N6/c14-12(18-15)9-3-1-5-11(7-9)19-13-10(8-17-19)4-2-6-16-13/h1-8H,15H2,(H2,14,18). The number of nitrogens with two attached hydrogens (primary N) is 2. The maximum absolute atomic E-state index is 5.71. The molecule has 0 saturated heterocycles. The highest BCUT2D eigenvalue weighted by Gasteiger charge is 2.07. The molecule has 2 aromatic heterocycles. The van der Waals surface area contributed by atoms with Crippen molar-refractivity contribution in [3.05, 3.63) is 54.4 Å². The summed E-state index contributed by atoms with van der Waals surface area (Å²) in [5.74, 6) is 5.48. The van der Waals surface area contributed by atoms with E-state index in [0.29, 0.717) is 0 Å². The van der Waals surface area contributed by atoms with Gasteiger partial charge in [0.25, 0.3) is 0 Å². The Kier molecular flexibility index (Phi) is 2.60. The number of hydrazone groups is 1. The molecule has 2 heterocycles. The highest BCUT2D eigenvalue weighted by molar-refractivity contribution is 5.97. The van der Waals surface area contributed by atoms with E-state index in [-0.39, 0.29) is 5.84 Å². The molecule has 0 fully saturated rings. The van der Waals surface area contributed by atoms with E-state index in [9.17, 15) is 0 Å². The zero-order chi connectivity index (χ0) is 13.2. The Bertz CT molecular complexity index is 758. The summed E-state index contributed by atoms with van der Waals surface area (Å²) in [6.07, 6.45) is 3.51. The Hall–Kier alpha value is -2.89. The maximum atomic E-state index is 5.71. The minimum Gasteiger partial charge on any atom is -0.382 e. The first-order valence-corrected chi connectivity index (χ1v) is 5.72. The van der Waals surface area contributed by atoms with Gasteiger partial charge < -0.3 is 11.6 Å². The summed E-state index contributed by atoms with van der Waals surface area (Å²) in [5.41, 5.74) is 8.11. The van der Waals surface area contributed by atoms with Gasteiger partial charge in [0, 0.05) is 17.1 Å². The Balaban J connectivity index is 2.17. The molecule has 0 aliphatic carbocycles. The topological polar surface area (TPSA) is 95.1 Å². The van der Waals surface area contributed by atoms with Gasteiger partial charge in [-0.1, -0.05) is 12.1 Å². The van der Waals surface area contributed by atoms with Crippen LogP contribution in [0.3, 0.4) is 0 Å². The fourth-order valence-corrected chi connectivity index (χ4v) is 1.92. The molecular weight excluding hydrogens is 240 g/mol. The predicted molar refractivity (Wildman–Crippen MR) is 73.8 cm³/mol. The molecule has 4 N–H and O–H groups in total. The number of hydrogen-bond acceptors (Lipinski definition) is 4. The molecule has 0 aliphatic heterocycles. The average Bonchev–Trinajstić information content (AvgIpc) is 2.90. The Labute approximate surface area is 109 Å². The number of pyridine rings is 1. The van der Waals surface area contributed by atoms with E-state index in [0.717, 1.165) is 22.3 Å². The second kappa shape index (κ2) is 4.41. The van der Waals surface area contributed by atoms with Gasteiger partial charge in [-0.3, -0.25) is 0 Å².